The number of rotatable bonds is 4. The second kappa shape index (κ2) is 5.34. The van der Waals surface area contributed by atoms with E-state index < -0.39 is 0 Å². The Morgan fingerprint density at radius 3 is 1.79 bits per heavy atom. The molecule has 0 aliphatic heterocycles. The molecule has 0 saturated carbocycles. The standard InChI is InChI=1S/C10H13O3.Sn.H/c1-7-9(12-3)5-8(11-2)6-10(7)13-4;;/h5-6H,1H2,2-4H3;;. The first kappa shape index (κ1) is 11.5. The van der Waals surface area contributed by atoms with Crippen LogP contribution in [0.15, 0.2) is 12.1 Å². The zero-order chi connectivity index (χ0) is 10.6. The van der Waals surface area contributed by atoms with Gasteiger partial charge in [0.15, 0.2) is 0 Å². The van der Waals surface area contributed by atoms with E-state index in [1.807, 2.05) is 12.1 Å². The first-order chi connectivity index (χ1) is 6.76. The van der Waals surface area contributed by atoms with E-state index >= 15 is 0 Å². The van der Waals surface area contributed by atoms with Crippen LogP contribution >= 0.6 is 0 Å². The van der Waals surface area contributed by atoms with Crippen molar-refractivity contribution in [3.8, 4) is 17.2 Å². The van der Waals surface area contributed by atoms with Crippen LogP contribution in [0.1, 0.15) is 5.56 Å². The van der Waals surface area contributed by atoms with Gasteiger partial charge in [-0.2, -0.15) is 0 Å². The Bertz CT molecular complexity index is 287. The Kier molecular flexibility index (Phi) is 4.38. The second-order valence-corrected chi connectivity index (χ2v) is 3.88. The van der Waals surface area contributed by atoms with E-state index in [0.29, 0.717) is 0 Å². The van der Waals surface area contributed by atoms with E-state index in [0.717, 1.165) is 49.8 Å². The molecule has 14 heavy (non-hydrogen) atoms. The summed E-state index contributed by atoms with van der Waals surface area (Å²) >= 11 is 1.14. The molecule has 0 aliphatic carbocycles. The van der Waals surface area contributed by atoms with Crippen LogP contribution < -0.4 is 14.2 Å². The van der Waals surface area contributed by atoms with Crippen molar-refractivity contribution in [3.63, 3.8) is 0 Å². The summed E-state index contributed by atoms with van der Waals surface area (Å²) < 4.78 is 16.7. The molecule has 0 atom stereocenters. The summed E-state index contributed by atoms with van der Waals surface area (Å²) in [5, 5.41) is 0. The average molecular weight is 301 g/mol. The molecule has 0 amide bonds. The van der Waals surface area contributed by atoms with Crippen molar-refractivity contribution in [2.45, 2.75) is 4.44 Å². The van der Waals surface area contributed by atoms with Crippen molar-refractivity contribution in [2.24, 2.45) is 0 Å². The fraction of sp³-hybridized carbons (Fsp3) is 0.400. The number of methoxy groups -OCH3 is 3. The van der Waals surface area contributed by atoms with Gasteiger partial charge in [-0.3, -0.25) is 0 Å². The van der Waals surface area contributed by atoms with Gasteiger partial charge in [0.1, 0.15) is 0 Å². The predicted octanol–water partition coefficient (Wildman–Crippen LogP) is 1.11. The maximum atomic E-state index is 5.28. The zero-order valence-corrected chi connectivity index (χ0v) is 12.0. The minimum absolute atomic E-state index is 0.761. The third kappa shape index (κ3) is 2.26. The molecule has 0 spiro atoms. The molecule has 0 unspecified atom stereocenters. The summed E-state index contributed by atoms with van der Waals surface area (Å²) in [6.45, 7) is 0. The SMILES string of the molecule is COc1cc(OC)c([CH2][SnH])c(OC)c1. The van der Waals surface area contributed by atoms with Crippen LogP contribution in [-0.2, 0) is 4.44 Å². The fourth-order valence-electron chi connectivity index (χ4n) is 1.28. The van der Waals surface area contributed by atoms with Crippen LogP contribution in [0, 0.1) is 0 Å². The van der Waals surface area contributed by atoms with Crippen LogP contribution in [0.5, 0.6) is 17.2 Å². The Labute approximate surface area is 97.4 Å². The van der Waals surface area contributed by atoms with Gasteiger partial charge in [-0.25, -0.2) is 0 Å². The third-order valence-electron chi connectivity index (χ3n) is 2.02. The summed E-state index contributed by atoms with van der Waals surface area (Å²) in [6.07, 6.45) is 0. The Hall–Kier alpha value is -0.581. The average Bonchev–Trinajstić information content (AvgIpc) is 2.26. The van der Waals surface area contributed by atoms with Crippen LogP contribution in [0.4, 0.5) is 0 Å². The van der Waals surface area contributed by atoms with Gasteiger partial charge in [-0.1, -0.05) is 0 Å². The Morgan fingerprint density at radius 2 is 1.50 bits per heavy atom. The van der Waals surface area contributed by atoms with Gasteiger partial charge < -0.3 is 0 Å². The van der Waals surface area contributed by atoms with Crippen LogP contribution in [0.3, 0.4) is 0 Å². The van der Waals surface area contributed by atoms with Gasteiger partial charge >= 0.3 is 97.4 Å². The minimum atomic E-state index is 0.761. The summed E-state index contributed by atoms with van der Waals surface area (Å²) in [4.78, 5) is 0. The van der Waals surface area contributed by atoms with E-state index in [2.05, 4.69) is 0 Å². The van der Waals surface area contributed by atoms with Gasteiger partial charge in [0.2, 0.25) is 0 Å². The van der Waals surface area contributed by atoms with Crippen molar-refractivity contribution in [2.75, 3.05) is 21.3 Å². The van der Waals surface area contributed by atoms with E-state index in [1.54, 1.807) is 21.3 Å². The molecule has 0 heterocycles. The first-order valence-electron chi connectivity index (χ1n) is 4.25. The number of benzene rings is 1. The molecule has 3 nitrogen and oxygen atoms in total. The monoisotopic (exact) mass is 302 g/mol. The molecule has 0 aliphatic rings. The molecule has 1 aromatic carbocycles. The Morgan fingerprint density at radius 1 is 1.00 bits per heavy atom. The number of hydrogen-bond donors (Lipinski definition) is 0. The van der Waals surface area contributed by atoms with Crippen molar-refractivity contribution in [1.82, 2.24) is 0 Å². The number of ether oxygens (including phenoxy) is 3. The molecule has 0 bridgehead atoms. The van der Waals surface area contributed by atoms with Gasteiger partial charge in [0.05, 0.1) is 0 Å². The van der Waals surface area contributed by atoms with E-state index in [9.17, 15) is 0 Å². The molecule has 1 aromatic rings. The normalized spacial score (nSPS) is 9.71. The summed E-state index contributed by atoms with van der Waals surface area (Å²) in [5.74, 6) is 2.44. The van der Waals surface area contributed by atoms with Crippen LogP contribution in [-0.4, -0.2) is 43.9 Å². The molecule has 0 fully saturated rings. The predicted molar refractivity (Wildman–Crippen MR) is 57.0 cm³/mol. The summed E-state index contributed by atoms with van der Waals surface area (Å²) in [7, 11) is 4.95. The van der Waals surface area contributed by atoms with Crippen molar-refractivity contribution in [3.05, 3.63) is 17.7 Å². The van der Waals surface area contributed by atoms with Crippen molar-refractivity contribution >= 4 is 22.5 Å². The molecule has 0 saturated heterocycles. The Balaban J connectivity index is 3.24. The molecule has 4 heteroatoms. The molecule has 1 rings (SSSR count). The summed E-state index contributed by atoms with van der Waals surface area (Å²) in [5.41, 5.74) is 1.12. The van der Waals surface area contributed by atoms with Crippen LogP contribution in [0.25, 0.3) is 0 Å². The van der Waals surface area contributed by atoms with E-state index in [4.69, 9.17) is 14.2 Å². The molecular weight excluding hydrogens is 287 g/mol. The quantitative estimate of drug-likeness (QED) is 0.780. The number of hydrogen-bond acceptors (Lipinski definition) is 3. The van der Waals surface area contributed by atoms with Gasteiger partial charge in [-0.05, 0) is 0 Å². The molecule has 76 valence electrons. The van der Waals surface area contributed by atoms with E-state index in [-0.39, 0.29) is 0 Å². The van der Waals surface area contributed by atoms with Gasteiger partial charge in [0.25, 0.3) is 0 Å². The van der Waals surface area contributed by atoms with Gasteiger partial charge in [0, 0.05) is 0 Å². The maximum absolute atomic E-state index is 5.28. The molecule has 2 radical (unpaired) electrons. The zero-order valence-electron chi connectivity index (χ0n) is 8.66. The van der Waals surface area contributed by atoms with Gasteiger partial charge in [-0.15, -0.1) is 0 Å². The second-order valence-electron chi connectivity index (χ2n) is 2.71. The third-order valence-corrected chi connectivity index (χ3v) is 3.19. The van der Waals surface area contributed by atoms with E-state index in [1.165, 1.54) is 0 Å². The first-order valence-corrected chi connectivity index (χ1v) is 6.58. The molecule has 0 N–H and O–H groups in total. The fourth-order valence-corrected chi connectivity index (χ4v) is 2.43. The van der Waals surface area contributed by atoms with Crippen molar-refractivity contribution < 1.29 is 14.2 Å². The van der Waals surface area contributed by atoms with Crippen molar-refractivity contribution in [1.29, 1.82) is 0 Å². The van der Waals surface area contributed by atoms with Crippen LogP contribution in [0.2, 0.25) is 0 Å². The summed E-state index contributed by atoms with van der Waals surface area (Å²) in [6, 6.07) is 3.77. The molecule has 0 aromatic heterocycles. The topological polar surface area (TPSA) is 27.7 Å². The molecular formula is C10H14O3Sn.